The molecule has 4 aliphatic rings. The Morgan fingerprint density at radius 3 is 1.99 bits per heavy atom. The van der Waals surface area contributed by atoms with Crippen molar-refractivity contribution in [2.75, 3.05) is 150 Å². The normalized spacial score (nSPS) is 22.0. The summed E-state index contributed by atoms with van der Waals surface area (Å²) in [5.74, 6) is -12.9. The topological polar surface area (TPSA) is 520 Å². The van der Waals surface area contributed by atoms with Gasteiger partial charge >= 0.3 is 6.03 Å². The number of nitrogens with two attached hydrogens (primary N) is 1. The number of Topliss-reactive ketones (excluding diaryl/α,β-unsaturated/α-hetero) is 2. The van der Waals surface area contributed by atoms with Crippen LogP contribution in [0.5, 0.6) is 5.75 Å². The van der Waals surface area contributed by atoms with Gasteiger partial charge in [0.05, 0.1) is 185 Å². The van der Waals surface area contributed by atoms with Crippen LogP contribution in [0.3, 0.4) is 0 Å². The number of methoxy groups -OCH3 is 1. The maximum Gasteiger partial charge on any atom is 0.314 e. The molecular formula is C72H110N14O24S2. The number of ketones is 2. The molecule has 2 aromatic heterocycles. The molecule has 2 bridgehead atoms. The molecule has 6 heterocycles. The number of unbranched alkanes of at least 4 members (excludes halogenated alkanes) is 1. The van der Waals surface area contributed by atoms with Crippen LogP contribution in [0, 0.1) is 23.7 Å². The molecule has 13 N–H and O–H groups in total. The number of benzene rings is 1. The number of carbonyl (C=O) groups is 12. The van der Waals surface area contributed by atoms with Crippen molar-refractivity contribution in [2.24, 2.45) is 29.4 Å². The smallest absolute Gasteiger partial charge is 0.314 e. The van der Waals surface area contributed by atoms with E-state index < -0.39 is 188 Å². The summed E-state index contributed by atoms with van der Waals surface area (Å²) in [7, 11) is -0.975. The Bertz CT molecular complexity index is 3680. The van der Waals surface area contributed by atoms with Gasteiger partial charge in [0.2, 0.25) is 41.4 Å². The van der Waals surface area contributed by atoms with Crippen LogP contribution in [0.25, 0.3) is 10.9 Å². The quantitative estimate of drug-likeness (QED) is 0.0204. The number of primary amides is 1. The summed E-state index contributed by atoms with van der Waals surface area (Å²) >= 11 is 1.50. The van der Waals surface area contributed by atoms with Gasteiger partial charge in [-0.2, -0.15) is 11.8 Å². The number of H-pyrrole nitrogens is 1. The second-order valence-corrected chi connectivity index (χ2v) is 29.5. The number of ether oxygens (including phenoxy) is 8. The molecule has 3 aromatic rings. The minimum absolute atomic E-state index is 0. The number of aromatic nitrogens is 4. The largest absolute Gasteiger partial charge is 0.496 e. The lowest BCUT2D eigenvalue weighted by molar-refractivity contribution is -0.144. The fourth-order valence-electron chi connectivity index (χ4n) is 12.6. The van der Waals surface area contributed by atoms with E-state index >= 15 is 9.00 Å². The maximum atomic E-state index is 15.4. The number of carbonyl (C=O) groups excluding carboxylic acids is 12. The Hall–Kier alpha value is -8.42. The summed E-state index contributed by atoms with van der Waals surface area (Å²) in [6.45, 7) is 8.25. The van der Waals surface area contributed by atoms with E-state index in [-0.39, 0.29) is 61.3 Å². The predicted octanol–water partition coefficient (Wildman–Crippen LogP) is -2.65. The first kappa shape index (κ1) is 92.4. The summed E-state index contributed by atoms with van der Waals surface area (Å²) in [5.41, 5.74) is 7.23. The first-order chi connectivity index (χ1) is 53.4. The van der Waals surface area contributed by atoms with Crippen molar-refractivity contribution >= 4 is 104 Å². The highest BCUT2D eigenvalue weighted by Gasteiger charge is 2.45. The second kappa shape index (κ2) is 48.6. The fraction of sp³-hybridized carbons (Fsp3) is 0.667. The molecule has 0 saturated carbocycles. The van der Waals surface area contributed by atoms with Crippen LogP contribution in [-0.2, 0) is 122 Å². The molecule has 38 nitrogen and oxygen atoms in total. The predicted molar refractivity (Wildman–Crippen MR) is 403 cm³/mol. The third kappa shape index (κ3) is 29.2. The van der Waals surface area contributed by atoms with Crippen molar-refractivity contribution in [1.82, 2.24) is 67.0 Å². The number of aliphatic hydroxyl groups is 3. The average molecular weight is 1620 g/mol. The number of hydrogen-bond donors (Lipinski definition) is 12. The van der Waals surface area contributed by atoms with Crippen molar-refractivity contribution in [1.29, 1.82) is 0 Å². The SMILES string of the molecule is C.CC[C@H](C)[C@@H]1CC(=O)CNC(=O)[C@H]2CC(=O)[C@H]([C@@H](C)[C@@H](O)CO)NC(=O)[C@@H]3C[C@@H](O)CN3C(=O)[C@H](CC(N)=O)NC(=O)[C@H](CS(=O)c3[nH]c4c(CSCCCCNC(=O)NCCOCCOCCOCCOCCOCCOCCOCCn5cc(CN6C(=O)C=CC6=O)nn5)c(OC)ccc4c3C2)NC(=O)CNC1=O. The lowest BCUT2D eigenvalue weighted by Crippen LogP contribution is -2.60. The number of imide groups is 1. The molecule has 0 spiro atoms. The minimum atomic E-state index is -2.42. The van der Waals surface area contributed by atoms with E-state index in [1.807, 2.05) is 0 Å². The van der Waals surface area contributed by atoms with Crippen molar-refractivity contribution < 1.29 is 115 Å². The van der Waals surface area contributed by atoms with Crippen LogP contribution < -0.4 is 47.7 Å². The molecule has 40 heteroatoms. The summed E-state index contributed by atoms with van der Waals surface area (Å²) in [5, 5.41) is 58.6. The molecule has 7 rings (SSSR count). The molecule has 11 atom stereocenters. The molecule has 1 unspecified atom stereocenters. The second-order valence-electron chi connectivity index (χ2n) is 27.0. The Morgan fingerprint density at radius 2 is 1.38 bits per heavy atom. The van der Waals surface area contributed by atoms with Crippen molar-refractivity contribution in [3.8, 4) is 5.75 Å². The van der Waals surface area contributed by atoms with Gasteiger partial charge in [0.1, 0.15) is 34.6 Å². The summed E-state index contributed by atoms with van der Waals surface area (Å²) < 4.78 is 61.7. The van der Waals surface area contributed by atoms with Crippen LogP contribution in [0.4, 0.5) is 4.79 Å². The lowest BCUT2D eigenvalue weighted by atomic mass is 9.85. The lowest BCUT2D eigenvalue weighted by Gasteiger charge is -2.32. The molecule has 0 radical (unpaired) electrons. The summed E-state index contributed by atoms with van der Waals surface area (Å²) in [6, 6.07) is -4.08. The van der Waals surface area contributed by atoms with E-state index in [0.717, 1.165) is 9.80 Å². The average Bonchev–Trinajstić information content (AvgIpc) is 1.61. The van der Waals surface area contributed by atoms with Gasteiger partial charge in [-0.05, 0) is 48.6 Å². The fourth-order valence-corrected chi connectivity index (χ4v) is 15.0. The minimum Gasteiger partial charge on any atom is -0.496 e. The number of rotatable bonds is 41. The van der Waals surface area contributed by atoms with Gasteiger partial charge < -0.3 is 106 Å². The van der Waals surface area contributed by atoms with Gasteiger partial charge in [-0.1, -0.05) is 39.8 Å². The molecule has 4 aliphatic heterocycles. The number of amides is 11. The molecule has 112 heavy (non-hydrogen) atoms. The van der Waals surface area contributed by atoms with E-state index in [4.69, 9.17) is 43.6 Å². The number of nitrogens with one attached hydrogen (secondary N) is 8. The third-order valence-electron chi connectivity index (χ3n) is 18.9. The maximum absolute atomic E-state index is 15.4. The van der Waals surface area contributed by atoms with Gasteiger partial charge in [0, 0.05) is 85.5 Å². The number of urea groups is 1. The number of hydrogen-bond acceptors (Lipinski definition) is 27. The van der Waals surface area contributed by atoms with Crippen molar-refractivity contribution in [2.45, 2.75) is 140 Å². The summed E-state index contributed by atoms with van der Waals surface area (Å²) in [4.78, 5) is 169. The highest BCUT2D eigenvalue weighted by atomic mass is 32.2. The number of aliphatic hydroxyl groups excluding tert-OH is 3. The Morgan fingerprint density at radius 1 is 0.759 bits per heavy atom. The zero-order valence-electron chi connectivity index (χ0n) is 63.0. The molecule has 624 valence electrons. The Balaban J connectivity index is 0.0000196. The van der Waals surface area contributed by atoms with Crippen LogP contribution in [-0.4, -0.2) is 307 Å². The highest BCUT2D eigenvalue weighted by Crippen LogP contribution is 2.37. The van der Waals surface area contributed by atoms with E-state index in [9.17, 15) is 68.1 Å². The Kier molecular flexibility index (Phi) is 40.1. The van der Waals surface area contributed by atoms with E-state index in [1.165, 1.54) is 37.9 Å². The standard InChI is InChI=1S/C71H106N14O24S2.CH4/c1-5-43(2)50-32-47(87)35-75-65(95)45-30-51-49-8-9-58(102-4)52(41-110-29-7-6-12-73-71(100)74-13-15-103-17-19-105-21-23-107-25-27-109-28-26-108-24-22-106-20-18-104-16-14-83-37-46(81-82-83)38-85-61(93)10-11-62(85)94)64(49)80-69(51)111(101)42-54(77-60(92)36-76-66(50)96)67(97)78-53(34-59(72)91)70(99)84-39-48(88)33-55(84)68(98)79-63(56(89)31-45)44(3)57(90)40-86;/h8-11,37,43-45,48,50,53-55,57,63,80,86,88,90H,5-7,12-36,38-42H2,1-4H3,(H2,72,91)(H,75,95)(H,76,96)(H,77,92)(H,78,97)(H,79,98)(H2,73,74,100);1H4/t43-,44-,45+,48+,50-,53-,54-,55-,57-,63-,111?;/m0./s1. The molecule has 1 aromatic carbocycles. The van der Waals surface area contributed by atoms with Gasteiger partial charge in [-0.15, -0.1) is 5.10 Å². The number of thioether (sulfide) groups is 1. The van der Waals surface area contributed by atoms with Crippen LogP contribution in [0.1, 0.15) is 90.0 Å². The zero-order chi connectivity index (χ0) is 80.4. The third-order valence-corrected chi connectivity index (χ3v) is 21.4. The summed E-state index contributed by atoms with van der Waals surface area (Å²) in [6.07, 6.45) is -0.0845. The highest BCUT2D eigenvalue weighted by molar-refractivity contribution is 7.98. The number of aromatic amines is 1. The monoisotopic (exact) mass is 1620 g/mol. The molecule has 11 amide bonds. The van der Waals surface area contributed by atoms with Gasteiger partial charge in [-0.3, -0.25) is 61.8 Å². The zero-order valence-corrected chi connectivity index (χ0v) is 64.7. The van der Waals surface area contributed by atoms with Crippen LogP contribution in [0.15, 0.2) is 35.5 Å². The van der Waals surface area contributed by atoms with E-state index in [2.05, 4.69) is 52.5 Å². The van der Waals surface area contributed by atoms with Crippen molar-refractivity contribution in [3.63, 3.8) is 0 Å². The van der Waals surface area contributed by atoms with E-state index in [0.29, 0.717) is 152 Å². The van der Waals surface area contributed by atoms with Crippen LogP contribution >= 0.6 is 11.8 Å². The van der Waals surface area contributed by atoms with Gasteiger partial charge in [-0.25, -0.2) is 9.48 Å². The number of fused-ring (bicyclic) bond motifs is 5. The molecule has 1 fully saturated rings. The van der Waals surface area contributed by atoms with Gasteiger partial charge in [0.25, 0.3) is 11.8 Å². The molecular weight excluding hydrogens is 1510 g/mol. The van der Waals surface area contributed by atoms with Gasteiger partial charge in [0.15, 0.2) is 11.6 Å². The van der Waals surface area contributed by atoms with E-state index in [1.54, 1.807) is 36.9 Å². The first-order valence-corrected chi connectivity index (χ1v) is 39.6. The molecule has 1 saturated heterocycles. The number of nitrogens with zero attached hydrogens (tertiary/aromatic N) is 5. The van der Waals surface area contributed by atoms with Crippen LogP contribution in [0.2, 0.25) is 0 Å². The molecule has 0 aliphatic carbocycles. The first-order valence-electron chi connectivity index (χ1n) is 37.1. The Labute approximate surface area is 656 Å². The van der Waals surface area contributed by atoms with Crippen molar-refractivity contribution in [3.05, 3.63) is 47.3 Å².